The molecule has 0 amide bonds. The Morgan fingerprint density at radius 1 is 1.29 bits per heavy atom. The van der Waals surface area contributed by atoms with E-state index in [4.69, 9.17) is 4.74 Å². The number of carbonyl (C=O) groups excluding carboxylic acids is 1. The fourth-order valence-corrected chi connectivity index (χ4v) is 3.49. The number of hydrogen-bond acceptors (Lipinski definition) is 6. The van der Waals surface area contributed by atoms with Gasteiger partial charge >= 0.3 is 5.97 Å². The molecule has 0 N–H and O–H groups in total. The van der Waals surface area contributed by atoms with Crippen LogP contribution in [0.15, 0.2) is 29.7 Å². The molecule has 1 saturated heterocycles. The highest BCUT2D eigenvalue weighted by molar-refractivity contribution is 8.00. The van der Waals surface area contributed by atoms with E-state index in [0.29, 0.717) is 12.6 Å². The Balaban J connectivity index is 1.68. The van der Waals surface area contributed by atoms with E-state index in [9.17, 15) is 4.79 Å². The Labute approximate surface area is 125 Å². The van der Waals surface area contributed by atoms with Crippen molar-refractivity contribution < 1.29 is 9.53 Å². The molecule has 0 radical (unpaired) electrons. The molecule has 108 valence electrons. The molecule has 0 spiro atoms. The third-order valence-electron chi connectivity index (χ3n) is 3.63. The standard InChI is InChI=1S/C14H14N4O2S/c19-13-11(5-7-20-13)21-14-17-16-12(18(14)10-3-4-10)9-2-1-6-15-8-9/h1-2,6,8,10-11H,3-5,7H2/t11-/m1/s1. The molecule has 2 aromatic rings. The molecule has 0 bridgehead atoms. The summed E-state index contributed by atoms with van der Waals surface area (Å²) < 4.78 is 7.16. The van der Waals surface area contributed by atoms with Gasteiger partial charge in [-0.1, -0.05) is 11.8 Å². The van der Waals surface area contributed by atoms with Gasteiger partial charge in [0.1, 0.15) is 5.25 Å². The first-order valence-electron chi connectivity index (χ1n) is 7.01. The first kappa shape index (κ1) is 12.8. The van der Waals surface area contributed by atoms with Gasteiger partial charge in [0.05, 0.1) is 6.61 Å². The Morgan fingerprint density at radius 2 is 2.19 bits per heavy atom. The van der Waals surface area contributed by atoms with Crippen molar-refractivity contribution in [3.63, 3.8) is 0 Å². The van der Waals surface area contributed by atoms with Crippen molar-refractivity contribution in [1.82, 2.24) is 19.7 Å². The third-order valence-corrected chi connectivity index (χ3v) is 4.83. The lowest BCUT2D eigenvalue weighted by Crippen LogP contribution is -2.11. The van der Waals surface area contributed by atoms with Gasteiger partial charge in [-0.15, -0.1) is 10.2 Å². The minimum atomic E-state index is -0.159. The first-order valence-corrected chi connectivity index (χ1v) is 7.89. The van der Waals surface area contributed by atoms with Crippen LogP contribution in [0, 0.1) is 0 Å². The van der Waals surface area contributed by atoms with E-state index in [1.807, 2.05) is 12.1 Å². The number of thioether (sulfide) groups is 1. The number of carbonyl (C=O) groups is 1. The zero-order valence-electron chi connectivity index (χ0n) is 11.3. The molecule has 1 saturated carbocycles. The monoisotopic (exact) mass is 302 g/mol. The average molecular weight is 302 g/mol. The highest BCUT2D eigenvalue weighted by atomic mass is 32.2. The summed E-state index contributed by atoms with van der Waals surface area (Å²) in [7, 11) is 0. The number of ether oxygens (including phenoxy) is 1. The zero-order valence-corrected chi connectivity index (χ0v) is 12.1. The molecule has 2 fully saturated rings. The van der Waals surface area contributed by atoms with E-state index in [0.717, 1.165) is 35.8 Å². The van der Waals surface area contributed by atoms with Crippen LogP contribution in [0.25, 0.3) is 11.4 Å². The molecule has 0 unspecified atom stereocenters. The Bertz CT molecular complexity index is 669. The van der Waals surface area contributed by atoms with Crippen molar-refractivity contribution in [1.29, 1.82) is 0 Å². The summed E-state index contributed by atoms with van der Waals surface area (Å²) >= 11 is 1.46. The highest BCUT2D eigenvalue weighted by Gasteiger charge is 2.34. The minimum absolute atomic E-state index is 0.145. The summed E-state index contributed by atoms with van der Waals surface area (Å²) in [5.74, 6) is 0.688. The van der Waals surface area contributed by atoms with Crippen LogP contribution in [0.5, 0.6) is 0 Å². The molecular weight excluding hydrogens is 288 g/mol. The van der Waals surface area contributed by atoms with Crippen LogP contribution < -0.4 is 0 Å². The van der Waals surface area contributed by atoms with E-state index in [1.54, 1.807) is 12.4 Å². The summed E-state index contributed by atoms with van der Waals surface area (Å²) in [6.07, 6.45) is 6.54. The van der Waals surface area contributed by atoms with Gasteiger partial charge in [0.15, 0.2) is 11.0 Å². The second kappa shape index (κ2) is 5.14. The summed E-state index contributed by atoms with van der Waals surface area (Å²) in [6.45, 7) is 0.504. The molecule has 21 heavy (non-hydrogen) atoms. The zero-order chi connectivity index (χ0) is 14.2. The van der Waals surface area contributed by atoms with Crippen molar-refractivity contribution in [2.24, 2.45) is 0 Å². The van der Waals surface area contributed by atoms with Crippen LogP contribution in [-0.4, -0.2) is 37.6 Å². The first-order chi connectivity index (χ1) is 10.3. The molecule has 2 aliphatic rings. The topological polar surface area (TPSA) is 69.9 Å². The van der Waals surface area contributed by atoms with Crippen molar-refractivity contribution in [2.45, 2.75) is 35.7 Å². The van der Waals surface area contributed by atoms with Crippen LogP contribution in [-0.2, 0) is 9.53 Å². The second-order valence-corrected chi connectivity index (χ2v) is 6.38. The maximum Gasteiger partial charge on any atom is 0.319 e. The predicted octanol–water partition coefficient (Wildman–Crippen LogP) is 2.08. The van der Waals surface area contributed by atoms with Gasteiger partial charge in [-0.25, -0.2) is 0 Å². The number of aromatic nitrogens is 4. The number of esters is 1. The number of hydrogen-bond donors (Lipinski definition) is 0. The largest absolute Gasteiger partial charge is 0.465 e. The molecule has 7 heteroatoms. The Kier molecular flexibility index (Phi) is 3.14. The maximum atomic E-state index is 11.6. The van der Waals surface area contributed by atoms with Crippen molar-refractivity contribution in [3.05, 3.63) is 24.5 Å². The third kappa shape index (κ3) is 2.42. The van der Waals surface area contributed by atoms with E-state index >= 15 is 0 Å². The van der Waals surface area contributed by atoms with E-state index < -0.39 is 0 Å². The number of rotatable bonds is 4. The summed E-state index contributed by atoms with van der Waals surface area (Å²) in [4.78, 5) is 15.8. The lowest BCUT2D eigenvalue weighted by atomic mass is 10.3. The predicted molar refractivity (Wildman–Crippen MR) is 76.7 cm³/mol. The molecule has 1 aliphatic heterocycles. The normalized spacial score (nSPS) is 21.5. The molecule has 2 aromatic heterocycles. The fraction of sp³-hybridized carbons (Fsp3) is 0.429. The molecule has 3 heterocycles. The number of nitrogens with zero attached hydrogens (tertiary/aromatic N) is 4. The van der Waals surface area contributed by atoms with Crippen molar-refractivity contribution in [2.75, 3.05) is 6.61 Å². The molecule has 6 nitrogen and oxygen atoms in total. The van der Waals surface area contributed by atoms with Gasteiger partial charge in [0, 0.05) is 30.4 Å². The molecule has 1 atom stereocenters. The van der Waals surface area contributed by atoms with Gasteiger partial charge in [0.25, 0.3) is 0 Å². The smallest absolute Gasteiger partial charge is 0.319 e. The van der Waals surface area contributed by atoms with Crippen LogP contribution in [0.2, 0.25) is 0 Å². The van der Waals surface area contributed by atoms with E-state index in [2.05, 4.69) is 19.7 Å². The van der Waals surface area contributed by atoms with Gasteiger partial charge in [-0.05, 0) is 25.0 Å². The summed E-state index contributed by atoms with van der Waals surface area (Å²) in [5.41, 5.74) is 0.956. The molecule has 0 aromatic carbocycles. The maximum absolute atomic E-state index is 11.6. The van der Waals surface area contributed by atoms with Gasteiger partial charge in [0.2, 0.25) is 0 Å². The molecule has 1 aliphatic carbocycles. The molecule has 4 rings (SSSR count). The van der Waals surface area contributed by atoms with Crippen LogP contribution in [0.1, 0.15) is 25.3 Å². The number of cyclic esters (lactones) is 1. The molecular formula is C14H14N4O2S. The fourth-order valence-electron chi connectivity index (χ4n) is 2.42. The number of pyridine rings is 1. The quantitative estimate of drug-likeness (QED) is 0.805. The van der Waals surface area contributed by atoms with Crippen LogP contribution in [0.4, 0.5) is 0 Å². The average Bonchev–Trinajstić information content (AvgIpc) is 3.15. The summed E-state index contributed by atoms with van der Waals surface area (Å²) in [5, 5.41) is 9.25. The summed E-state index contributed by atoms with van der Waals surface area (Å²) in [6, 6.07) is 4.31. The minimum Gasteiger partial charge on any atom is -0.465 e. The second-order valence-electron chi connectivity index (χ2n) is 5.21. The van der Waals surface area contributed by atoms with E-state index in [1.165, 1.54) is 11.8 Å². The van der Waals surface area contributed by atoms with Gasteiger partial charge in [-0.2, -0.15) is 0 Å². The van der Waals surface area contributed by atoms with Crippen molar-refractivity contribution in [3.8, 4) is 11.4 Å². The SMILES string of the molecule is O=C1OCC[C@H]1Sc1nnc(-c2cccnc2)n1C1CC1. The van der Waals surface area contributed by atoms with Gasteiger partial charge in [-0.3, -0.25) is 14.3 Å². The van der Waals surface area contributed by atoms with Gasteiger partial charge < -0.3 is 4.74 Å². The highest BCUT2D eigenvalue weighted by Crippen LogP contribution is 2.42. The Hall–Kier alpha value is -1.89. The van der Waals surface area contributed by atoms with Crippen LogP contribution in [0.3, 0.4) is 0 Å². The lowest BCUT2D eigenvalue weighted by Gasteiger charge is -2.09. The van der Waals surface area contributed by atoms with Crippen LogP contribution >= 0.6 is 11.8 Å². The lowest BCUT2D eigenvalue weighted by molar-refractivity contribution is -0.137. The Morgan fingerprint density at radius 3 is 2.86 bits per heavy atom. The van der Waals surface area contributed by atoms with E-state index in [-0.39, 0.29) is 11.2 Å². The van der Waals surface area contributed by atoms with Crippen molar-refractivity contribution >= 4 is 17.7 Å².